The third-order valence-electron chi connectivity index (χ3n) is 7.15. The number of aromatic nitrogens is 5. The number of hydrogen-bond acceptors (Lipinski definition) is 8. The van der Waals surface area contributed by atoms with E-state index in [0.29, 0.717) is 40.4 Å². The van der Waals surface area contributed by atoms with Crippen molar-refractivity contribution in [2.45, 2.75) is 44.9 Å². The van der Waals surface area contributed by atoms with Gasteiger partial charge in [0.2, 0.25) is 5.78 Å². The predicted molar refractivity (Wildman–Crippen MR) is 153 cm³/mol. The van der Waals surface area contributed by atoms with Gasteiger partial charge in [-0.05, 0) is 61.2 Å². The summed E-state index contributed by atoms with van der Waals surface area (Å²) in [4.78, 5) is 18.6. The molecule has 1 aliphatic rings. The molecule has 44 heavy (non-hydrogen) atoms. The fraction of sp³-hybridized carbons (Fsp3) is 0.258. The first-order valence-electron chi connectivity index (χ1n) is 13.8. The topological polar surface area (TPSA) is 105 Å². The Morgan fingerprint density at radius 1 is 1.07 bits per heavy atom. The van der Waals surface area contributed by atoms with Crippen molar-refractivity contribution >= 4 is 17.4 Å². The second kappa shape index (κ2) is 12.7. The lowest BCUT2D eigenvalue weighted by molar-refractivity contribution is -0.169. The lowest BCUT2D eigenvalue weighted by atomic mass is 9.99. The van der Waals surface area contributed by atoms with E-state index < -0.39 is 23.8 Å². The average molecular weight is 624 g/mol. The number of halogens is 4. The number of rotatable bonds is 9. The van der Waals surface area contributed by atoms with Gasteiger partial charge < -0.3 is 14.0 Å². The van der Waals surface area contributed by atoms with Gasteiger partial charge in [0.1, 0.15) is 11.4 Å². The SMILES string of the molecule is O=C(c1nnn(Cc2ccc(C(F)(F)F)cc2)c1-c1cccnc1)c1c(COC2CCCCO2)noc1-c1ccccc1Cl. The molecule has 1 saturated heterocycles. The van der Waals surface area contributed by atoms with E-state index in [-0.39, 0.29) is 35.9 Å². The first kappa shape index (κ1) is 29.7. The molecule has 0 spiro atoms. The lowest BCUT2D eigenvalue weighted by Gasteiger charge is -2.22. The van der Waals surface area contributed by atoms with Gasteiger partial charge in [0, 0.05) is 30.1 Å². The number of carbonyl (C=O) groups is 1. The van der Waals surface area contributed by atoms with Crippen LogP contribution in [0.4, 0.5) is 13.2 Å². The van der Waals surface area contributed by atoms with Crippen molar-refractivity contribution in [2.24, 2.45) is 0 Å². The number of ether oxygens (including phenoxy) is 2. The number of nitrogens with zero attached hydrogens (tertiary/aromatic N) is 5. The van der Waals surface area contributed by atoms with Gasteiger partial charge in [-0.25, -0.2) is 4.68 Å². The molecule has 0 bridgehead atoms. The Hall–Kier alpha value is -4.39. The molecule has 0 amide bonds. The van der Waals surface area contributed by atoms with E-state index >= 15 is 0 Å². The van der Waals surface area contributed by atoms with Crippen LogP contribution in [0.3, 0.4) is 0 Å². The highest BCUT2D eigenvalue weighted by Gasteiger charge is 2.33. The van der Waals surface area contributed by atoms with Crippen LogP contribution in [0.1, 0.15) is 52.1 Å². The van der Waals surface area contributed by atoms with Crippen LogP contribution in [0.25, 0.3) is 22.6 Å². The average Bonchev–Trinajstić information content (AvgIpc) is 3.65. The molecule has 1 fully saturated rings. The molecule has 1 aliphatic heterocycles. The monoisotopic (exact) mass is 623 g/mol. The zero-order chi connectivity index (χ0) is 30.7. The van der Waals surface area contributed by atoms with Gasteiger partial charge >= 0.3 is 6.18 Å². The molecule has 0 radical (unpaired) electrons. The molecule has 1 atom stereocenters. The number of hydrogen-bond donors (Lipinski definition) is 0. The molecule has 0 saturated carbocycles. The van der Waals surface area contributed by atoms with Crippen molar-refractivity contribution in [1.29, 1.82) is 0 Å². The highest BCUT2D eigenvalue weighted by atomic mass is 35.5. The molecular weight excluding hydrogens is 599 g/mol. The van der Waals surface area contributed by atoms with Crippen molar-refractivity contribution in [3.63, 3.8) is 0 Å². The Kier molecular flexibility index (Phi) is 8.56. The fourth-order valence-corrected chi connectivity index (χ4v) is 5.18. The summed E-state index contributed by atoms with van der Waals surface area (Å²) in [6.07, 6.45) is 0.832. The second-order valence-electron chi connectivity index (χ2n) is 10.1. The standard InChI is InChI=1S/C31H25ClF3N5O4/c32-23-8-2-1-7-22(23)30-26(24(38-44-30)18-43-25-9-3-4-15-42-25)29(41)27-28(20-6-5-14-36-16-20)40(39-37-27)17-19-10-12-21(13-11-19)31(33,34)35/h1-2,5-8,10-14,16,25H,3-4,9,15,17-18H2. The molecule has 9 nitrogen and oxygen atoms in total. The highest BCUT2D eigenvalue weighted by Crippen LogP contribution is 2.36. The quantitative estimate of drug-likeness (QED) is 0.162. The molecule has 4 heterocycles. The minimum Gasteiger partial charge on any atom is -0.355 e. The van der Waals surface area contributed by atoms with Gasteiger partial charge in [-0.3, -0.25) is 9.78 Å². The summed E-state index contributed by atoms with van der Waals surface area (Å²) in [5.41, 5.74) is 1.34. The molecule has 1 unspecified atom stereocenters. The van der Waals surface area contributed by atoms with Crippen LogP contribution in [-0.4, -0.2) is 43.8 Å². The smallest absolute Gasteiger partial charge is 0.355 e. The van der Waals surface area contributed by atoms with Crippen LogP contribution in [0.15, 0.2) is 77.6 Å². The number of carbonyl (C=O) groups excluding carboxylic acids is 1. The Morgan fingerprint density at radius 3 is 2.59 bits per heavy atom. The van der Waals surface area contributed by atoms with Crippen molar-refractivity contribution in [3.8, 4) is 22.6 Å². The maximum Gasteiger partial charge on any atom is 0.416 e. The van der Waals surface area contributed by atoms with Gasteiger partial charge in [-0.2, -0.15) is 13.2 Å². The highest BCUT2D eigenvalue weighted by molar-refractivity contribution is 6.33. The first-order valence-corrected chi connectivity index (χ1v) is 14.2. The van der Waals surface area contributed by atoms with Gasteiger partial charge in [0.05, 0.1) is 29.3 Å². The molecule has 2 aromatic carbocycles. The molecular formula is C31H25ClF3N5O4. The molecule has 3 aromatic heterocycles. The predicted octanol–water partition coefficient (Wildman–Crippen LogP) is 6.99. The minimum atomic E-state index is -4.46. The van der Waals surface area contributed by atoms with E-state index in [2.05, 4.69) is 20.5 Å². The van der Waals surface area contributed by atoms with Crippen LogP contribution in [0.2, 0.25) is 5.02 Å². The molecule has 5 aromatic rings. The maximum atomic E-state index is 14.4. The van der Waals surface area contributed by atoms with E-state index in [1.54, 1.807) is 48.8 Å². The van der Waals surface area contributed by atoms with E-state index in [4.69, 9.17) is 25.6 Å². The van der Waals surface area contributed by atoms with Crippen molar-refractivity contribution in [2.75, 3.05) is 6.61 Å². The maximum absolute atomic E-state index is 14.4. The van der Waals surface area contributed by atoms with Crippen LogP contribution in [0.5, 0.6) is 0 Å². The van der Waals surface area contributed by atoms with Crippen molar-refractivity contribution in [1.82, 2.24) is 25.1 Å². The van der Waals surface area contributed by atoms with Crippen LogP contribution in [0, 0.1) is 0 Å². The molecule has 226 valence electrons. The first-order chi connectivity index (χ1) is 21.3. The van der Waals surface area contributed by atoms with E-state index in [0.717, 1.165) is 25.0 Å². The van der Waals surface area contributed by atoms with E-state index in [1.807, 2.05) is 0 Å². The zero-order valence-corrected chi connectivity index (χ0v) is 23.9. The second-order valence-corrected chi connectivity index (χ2v) is 10.5. The Labute approximate surface area is 254 Å². The van der Waals surface area contributed by atoms with Gasteiger partial charge in [0.25, 0.3) is 0 Å². The van der Waals surface area contributed by atoms with E-state index in [1.165, 1.54) is 16.8 Å². The number of alkyl halides is 3. The van der Waals surface area contributed by atoms with Crippen molar-refractivity contribution in [3.05, 3.63) is 106 Å². The van der Waals surface area contributed by atoms with Crippen LogP contribution < -0.4 is 0 Å². The van der Waals surface area contributed by atoms with Gasteiger partial charge in [-0.1, -0.05) is 46.2 Å². The van der Waals surface area contributed by atoms with Crippen LogP contribution in [-0.2, 0) is 28.8 Å². The summed E-state index contributed by atoms with van der Waals surface area (Å²) >= 11 is 6.49. The molecule has 13 heteroatoms. The summed E-state index contributed by atoms with van der Waals surface area (Å²) in [5.74, 6) is -0.417. The largest absolute Gasteiger partial charge is 0.416 e. The molecule has 6 rings (SSSR count). The van der Waals surface area contributed by atoms with Gasteiger partial charge in [0.15, 0.2) is 17.7 Å². The molecule has 0 aliphatic carbocycles. The van der Waals surface area contributed by atoms with Crippen molar-refractivity contribution < 1.29 is 32.0 Å². The number of pyridine rings is 1. The third-order valence-corrected chi connectivity index (χ3v) is 7.48. The zero-order valence-electron chi connectivity index (χ0n) is 23.1. The number of ketones is 1. The lowest BCUT2D eigenvalue weighted by Crippen LogP contribution is -2.22. The third kappa shape index (κ3) is 6.28. The summed E-state index contributed by atoms with van der Waals surface area (Å²) in [5, 5.41) is 13.0. The summed E-state index contributed by atoms with van der Waals surface area (Å²) in [6.45, 7) is 0.552. The molecule has 0 N–H and O–H groups in total. The van der Waals surface area contributed by atoms with Gasteiger partial charge in [-0.15, -0.1) is 5.10 Å². The Balaban J connectivity index is 1.41. The summed E-state index contributed by atoms with van der Waals surface area (Å²) in [6, 6.07) is 15.0. The number of benzene rings is 2. The fourth-order valence-electron chi connectivity index (χ4n) is 4.96. The normalized spacial score (nSPS) is 15.4. The Morgan fingerprint density at radius 2 is 1.89 bits per heavy atom. The van der Waals surface area contributed by atoms with Crippen LogP contribution >= 0.6 is 11.6 Å². The summed E-state index contributed by atoms with van der Waals surface area (Å²) in [7, 11) is 0. The summed E-state index contributed by atoms with van der Waals surface area (Å²) < 4.78 is 58.1. The Bertz CT molecular complexity index is 1750. The minimum absolute atomic E-state index is 0.0309. The van der Waals surface area contributed by atoms with E-state index in [9.17, 15) is 18.0 Å².